The molecular formula is C21H16F3N9O2. The van der Waals surface area contributed by atoms with Gasteiger partial charge >= 0.3 is 18.1 Å². The Morgan fingerprint density at radius 3 is 2.83 bits per heavy atom. The van der Waals surface area contributed by atoms with Gasteiger partial charge in [0.25, 0.3) is 5.89 Å². The van der Waals surface area contributed by atoms with E-state index in [4.69, 9.17) is 9.52 Å². The summed E-state index contributed by atoms with van der Waals surface area (Å²) in [4.78, 5) is 22.5. The first-order chi connectivity index (χ1) is 16.8. The number of amides is 1. The molecule has 0 fully saturated rings. The van der Waals surface area contributed by atoms with Crippen LogP contribution in [0, 0.1) is 6.92 Å². The van der Waals surface area contributed by atoms with Gasteiger partial charge in [-0.25, -0.2) is 9.50 Å². The summed E-state index contributed by atoms with van der Waals surface area (Å²) in [5, 5.41) is 15.6. The molecule has 0 saturated carbocycles. The summed E-state index contributed by atoms with van der Waals surface area (Å²) >= 11 is 0. The number of hydrogen-bond acceptors (Lipinski definition) is 7. The lowest BCUT2D eigenvalue weighted by atomic mass is 9.99. The van der Waals surface area contributed by atoms with Gasteiger partial charge in [-0.3, -0.25) is 4.79 Å². The third kappa shape index (κ3) is 3.45. The number of halogens is 3. The van der Waals surface area contributed by atoms with Crippen LogP contribution in [0.1, 0.15) is 39.5 Å². The number of aryl methyl sites for hydroxylation is 1. The first-order valence-electron chi connectivity index (χ1n) is 10.5. The fourth-order valence-corrected chi connectivity index (χ4v) is 4.22. The van der Waals surface area contributed by atoms with E-state index in [1.54, 1.807) is 10.8 Å². The first kappa shape index (κ1) is 21.1. The smallest absolute Gasteiger partial charge is 0.411 e. The summed E-state index contributed by atoms with van der Waals surface area (Å²) in [6.07, 6.45) is -1.88. The number of H-pyrrole nitrogens is 1. The van der Waals surface area contributed by atoms with Crippen molar-refractivity contribution in [2.24, 2.45) is 0 Å². The maximum Gasteiger partial charge on any atom is 0.504 e. The molecule has 1 atom stereocenters. The Kier molecular flexibility index (Phi) is 4.52. The van der Waals surface area contributed by atoms with Gasteiger partial charge in [0.05, 0.1) is 23.2 Å². The number of pyridine rings is 1. The molecule has 0 saturated heterocycles. The largest absolute Gasteiger partial charge is 0.504 e. The maximum atomic E-state index is 13.5. The Labute approximate surface area is 194 Å². The van der Waals surface area contributed by atoms with Crippen LogP contribution in [0.2, 0.25) is 0 Å². The van der Waals surface area contributed by atoms with Gasteiger partial charge < -0.3 is 14.3 Å². The number of fused-ring (bicyclic) bond motifs is 2. The van der Waals surface area contributed by atoms with Crippen molar-refractivity contribution in [3.8, 4) is 11.6 Å². The van der Waals surface area contributed by atoms with Crippen molar-refractivity contribution >= 4 is 11.4 Å². The van der Waals surface area contributed by atoms with Crippen LogP contribution in [0.4, 0.5) is 13.2 Å². The average Bonchev–Trinajstić information content (AvgIpc) is 3.62. The second-order valence-corrected chi connectivity index (χ2v) is 8.02. The van der Waals surface area contributed by atoms with E-state index in [9.17, 15) is 18.0 Å². The third-order valence-corrected chi connectivity index (χ3v) is 5.84. The molecule has 6 heterocycles. The van der Waals surface area contributed by atoms with Crippen molar-refractivity contribution in [2.75, 3.05) is 6.54 Å². The van der Waals surface area contributed by atoms with Crippen LogP contribution in [0.3, 0.4) is 0 Å². The lowest BCUT2D eigenvalue weighted by molar-refractivity contribution is -0.212. The predicted molar refractivity (Wildman–Crippen MR) is 112 cm³/mol. The number of hydrogen-bond donors (Lipinski definition) is 1. The van der Waals surface area contributed by atoms with Gasteiger partial charge in [0.2, 0.25) is 0 Å². The minimum absolute atomic E-state index is 0.181. The number of rotatable bonds is 3. The van der Waals surface area contributed by atoms with Gasteiger partial charge in [0.1, 0.15) is 11.7 Å². The van der Waals surface area contributed by atoms with Gasteiger partial charge in [-0.1, -0.05) is 6.07 Å². The van der Waals surface area contributed by atoms with Crippen LogP contribution in [0.25, 0.3) is 17.1 Å². The van der Waals surface area contributed by atoms with Crippen LogP contribution in [0.5, 0.6) is 0 Å². The quantitative estimate of drug-likeness (QED) is 0.419. The molecule has 1 N–H and O–H groups in total. The molecule has 5 aromatic rings. The molecule has 0 unspecified atom stereocenters. The van der Waals surface area contributed by atoms with Gasteiger partial charge in [0, 0.05) is 30.6 Å². The number of carbonyl (C=O) groups is 1. The highest BCUT2D eigenvalue weighted by Gasteiger charge is 2.38. The van der Waals surface area contributed by atoms with Crippen LogP contribution in [-0.4, -0.2) is 56.9 Å². The van der Waals surface area contributed by atoms with Gasteiger partial charge in [-0.15, -0.1) is 23.4 Å². The van der Waals surface area contributed by atoms with Gasteiger partial charge in [-0.2, -0.15) is 14.9 Å². The number of carbonyl (C=O) groups excluding carboxylic acids is 1. The van der Waals surface area contributed by atoms with E-state index in [-0.39, 0.29) is 22.2 Å². The van der Waals surface area contributed by atoms with Crippen molar-refractivity contribution in [1.82, 2.24) is 44.5 Å². The molecule has 178 valence electrons. The number of aromatic nitrogens is 8. The minimum atomic E-state index is -4.69. The highest BCUT2D eigenvalue weighted by atomic mass is 19.4. The number of aromatic amines is 1. The summed E-state index contributed by atoms with van der Waals surface area (Å²) in [7, 11) is 0. The number of nitrogens with zero attached hydrogens (tertiary/aromatic N) is 8. The van der Waals surface area contributed by atoms with Gasteiger partial charge in [0.15, 0.2) is 0 Å². The third-order valence-electron chi connectivity index (χ3n) is 5.84. The Balaban J connectivity index is 1.37. The second-order valence-electron chi connectivity index (χ2n) is 8.02. The fraction of sp³-hybridized carbons (Fsp3) is 0.238. The molecule has 1 aliphatic heterocycles. The average molecular weight is 483 g/mol. The standard InChI is InChI=1S/C21H16F3N9O2/c1-11-3-2-4-12-9-15(30-33(11)12)17-16-13(25-10-26-16)5-7-31(17)20(34)19-28-27-18(35-19)14-6-8-32(29-14)21(22,23)24/h2-4,6,8-10,17H,5,7H2,1H3,(H,25,26)/t17-/m1/s1. The first-order valence-corrected chi connectivity index (χ1v) is 10.5. The predicted octanol–water partition coefficient (Wildman–Crippen LogP) is 2.88. The normalized spacial score (nSPS) is 16.1. The Hall–Kier alpha value is -4.49. The fourth-order valence-electron chi connectivity index (χ4n) is 4.22. The second kappa shape index (κ2) is 7.51. The van der Waals surface area contributed by atoms with E-state index >= 15 is 0 Å². The molecular weight excluding hydrogens is 467 g/mol. The van der Waals surface area contributed by atoms with Crippen molar-refractivity contribution < 1.29 is 22.4 Å². The van der Waals surface area contributed by atoms with E-state index in [1.807, 2.05) is 31.2 Å². The Bertz CT molecular complexity index is 1560. The van der Waals surface area contributed by atoms with E-state index in [0.29, 0.717) is 24.4 Å². The summed E-state index contributed by atoms with van der Waals surface area (Å²) in [5.41, 5.74) is 3.71. The topological polar surface area (TPSA) is 123 Å². The van der Waals surface area contributed by atoms with Crippen LogP contribution >= 0.6 is 0 Å². The highest BCUT2D eigenvalue weighted by Crippen LogP contribution is 2.34. The van der Waals surface area contributed by atoms with Crippen molar-refractivity contribution in [3.05, 3.63) is 71.5 Å². The molecule has 5 aromatic heterocycles. The molecule has 0 bridgehead atoms. The summed E-state index contributed by atoms with van der Waals surface area (Å²) in [6, 6.07) is 8.08. The molecule has 14 heteroatoms. The summed E-state index contributed by atoms with van der Waals surface area (Å²) in [5.74, 6) is -1.26. The molecule has 0 spiro atoms. The highest BCUT2D eigenvalue weighted by molar-refractivity contribution is 5.90. The van der Waals surface area contributed by atoms with Crippen LogP contribution in [-0.2, 0) is 12.7 Å². The van der Waals surface area contributed by atoms with E-state index in [1.165, 1.54) is 4.90 Å². The van der Waals surface area contributed by atoms with E-state index in [2.05, 4.69) is 25.3 Å². The van der Waals surface area contributed by atoms with Crippen LogP contribution in [0.15, 0.2) is 47.3 Å². The molecule has 1 aliphatic rings. The van der Waals surface area contributed by atoms with Crippen LogP contribution < -0.4 is 0 Å². The molecule has 0 aliphatic carbocycles. The molecule has 11 nitrogen and oxygen atoms in total. The molecule has 0 radical (unpaired) electrons. The summed E-state index contributed by atoms with van der Waals surface area (Å²) < 4.78 is 45.6. The number of nitrogens with one attached hydrogen (secondary N) is 1. The molecule has 0 aromatic carbocycles. The monoisotopic (exact) mass is 483 g/mol. The Morgan fingerprint density at radius 2 is 2.06 bits per heavy atom. The lowest BCUT2D eigenvalue weighted by Crippen LogP contribution is -2.41. The zero-order valence-corrected chi connectivity index (χ0v) is 18.1. The minimum Gasteiger partial charge on any atom is -0.411 e. The maximum absolute atomic E-state index is 13.5. The molecule has 6 rings (SSSR count). The zero-order valence-electron chi connectivity index (χ0n) is 18.1. The van der Waals surface area contributed by atoms with Crippen molar-refractivity contribution in [3.63, 3.8) is 0 Å². The lowest BCUT2D eigenvalue weighted by Gasteiger charge is -2.32. The number of alkyl halides is 3. The SMILES string of the molecule is Cc1cccc2cc([C@@H]3c4nc[nH]c4CCN3C(=O)c3nnc(-c4ccn(C(F)(F)F)n4)o3)nn12. The van der Waals surface area contributed by atoms with Crippen molar-refractivity contribution in [1.29, 1.82) is 0 Å². The molecule has 1 amide bonds. The van der Waals surface area contributed by atoms with Gasteiger partial charge in [-0.05, 0) is 31.2 Å². The van der Waals surface area contributed by atoms with Crippen molar-refractivity contribution in [2.45, 2.75) is 25.7 Å². The summed E-state index contributed by atoms with van der Waals surface area (Å²) in [6.45, 7) is 2.24. The number of imidazole rings is 1. The Morgan fingerprint density at radius 1 is 1.20 bits per heavy atom. The van der Waals surface area contributed by atoms with E-state index in [0.717, 1.165) is 29.2 Å². The zero-order chi connectivity index (χ0) is 24.3. The van der Waals surface area contributed by atoms with E-state index < -0.39 is 18.2 Å². The molecule has 35 heavy (non-hydrogen) atoms.